The summed E-state index contributed by atoms with van der Waals surface area (Å²) in [6.45, 7) is 8.13. The molecule has 1 aliphatic heterocycles. The van der Waals surface area contributed by atoms with Gasteiger partial charge in [-0.2, -0.15) is 0 Å². The Bertz CT molecular complexity index is 382. The van der Waals surface area contributed by atoms with Crippen LogP contribution in [0, 0.1) is 12.8 Å². The molecule has 0 saturated carbocycles. The molecule has 1 atom stereocenters. The summed E-state index contributed by atoms with van der Waals surface area (Å²) in [5.41, 5.74) is 0. The maximum atomic E-state index is 12.2. The van der Waals surface area contributed by atoms with E-state index in [2.05, 4.69) is 10.3 Å². The third-order valence-electron chi connectivity index (χ3n) is 3.24. The predicted octanol–water partition coefficient (Wildman–Crippen LogP) is 0.259. The molecular weight excluding hydrogens is 216 g/mol. The monoisotopic (exact) mass is 236 g/mol. The van der Waals surface area contributed by atoms with Gasteiger partial charge in [0.25, 0.3) is 0 Å². The third kappa shape index (κ3) is 2.85. The van der Waals surface area contributed by atoms with Gasteiger partial charge < -0.3 is 14.8 Å². The number of carbonyl (C=O) groups is 1. The van der Waals surface area contributed by atoms with Crippen LogP contribution in [0.25, 0.3) is 0 Å². The minimum atomic E-state index is 0.0148. The Morgan fingerprint density at radius 2 is 2.24 bits per heavy atom. The Hall–Kier alpha value is -1.36. The van der Waals surface area contributed by atoms with Crippen LogP contribution in [0.1, 0.15) is 12.7 Å². The number of piperazine rings is 1. The van der Waals surface area contributed by atoms with Crippen molar-refractivity contribution in [3.8, 4) is 0 Å². The van der Waals surface area contributed by atoms with Gasteiger partial charge in [-0.3, -0.25) is 4.79 Å². The zero-order chi connectivity index (χ0) is 12.3. The van der Waals surface area contributed by atoms with E-state index in [4.69, 9.17) is 0 Å². The van der Waals surface area contributed by atoms with E-state index >= 15 is 0 Å². The van der Waals surface area contributed by atoms with Crippen molar-refractivity contribution in [2.24, 2.45) is 5.92 Å². The number of hydrogen-bond acceptors (Lipinski definition) is 3. The molecule has 5 heteroatoms. The highest BCUT2D eigenvalue weighted by atomic mass is 16.2. The summed E-state index contributed by atoms with van der Waals surface area (Å²) in [6, 6.07) is 0. The molecule has 0 radical (unpaired) electrons. The highest BCUT2D eigenvalue weighted by Gasteiger charge is 2.22. The van der Waals surface area contributed by atoms with Crippen molar-refractivity contribution in [3.05, 3.63) is 18.2 Å². The maximum Gasteiger partial charge on any atom is 0.227 e. The molecule has 1 amide bonds. The second-order valence-electron chi connectivity index (χ2n) is 4.60. The molecule has 94 valence electrons. The van der Waals surface area contributed by atoms with Crippen molar-refractivity contribution < 1.29 is 4.79 Å². The number of hydrogen-bond donors (Lipinski definition) is 1. The summed E-state index contributed by atoms with van der Waals surface area (Å²) in [4.78, 5) is 18.3. The lowest BCUT2D eigenvalue weighted by molar-refractivity contribution is -0.136. The SMILES string of the molecule is Cc1nccn1CC(C)C(=O)N1CCNCC1. The van der Waals surface area contributed by atoms with Crippen LogP contribution in [0.2, 0.25) is 0 Å². The van der Waals surface area contributed by atoms with E-state index in [1.165, 1.54) is 0 Å². The van der Waals surface area contributed by atoms with Crippen LogP contribution in [0.15, 0.2) is 12.4 Å². The number of imidazole rings is 1. The second kappa shape index (κ2) is 5.31. The van der Waals surface area contributed by atoms with Gasteiger partial charge in [0.05, 0.1) is 5.92 Å². The molecule has 1 aromatic rings. The lowest BCUT2D eigenvalue weighted by atomic mass is 10.1. The average Bonchev–Trinajstić information content (AvgIpc) is 2.75. The topological polar surface area (TPSA) is 50.2 Å². The Kier molecular flexibility index (Phi) is 3.78. The van der Waals surface area contributed by atoms with E-state index in [0.717, 1.165) is 32.0 Å². The van der Waals surface area contributed by atoms with E-state index in [1.807, 2.05) is 29.5 Å². The van der Waals surface area contributed by atoms with E-state index in [0.29, 0.717) is 6.54 Å². The molecule has 1 aliphatic rings. The lowest BCUT2D eigenvalue weighted by Crippen LogP contribution is -2.48. The summed E-state index contributed by atoms with van der Waals surface area (Å²) in [7, 11) is 0. The van der Waals surface area contributed by atoms with Crippen LogP contribution in [0.3, 0.4) is 0 Å². The molecular formula is C12H20N4O. The van der Waals surface area contributed by atoms with Crippen molar-refractivity contribution in [3.63, 3.8) is 0 Å². The van der Waals surface area contributed by atoms with Crippen molar-refractivity contribution >= 4 is 5.91 Å². The first-order chi connectivity index (χ1) is 8.18. The quantitative estimate of drug-likeness (QED) is 0.819. The summed E-state index contributed by atoms with van der Waals surface area (Å²) in [6.07, 6.45) is 3.70. The number of aromatic nitrogens is 2. The summed E-state index contributed by atoms with van der Waals surface area (Å²) in [5.74, 6) is 1.23. The van der Waals surface area contributed by atoms with E-state index < -0.39 is 0 Å². The third-order valence-corrected chi connectivity index (χ3v) is 3.24. The average molecular weight is 236 g/mol. The van der Waals surface area contributed by atoms with Crippen LogP contribution in [0.5, 0.6) is 0 Å². The fraction of sp³-hybridized carbons (Fsp3) is 0.667. The van der Waals surface area contributed by atoms with Gasteiger partial charge in [-0.25, -0.2) is 4.98 Å². The van der Waals surface area contributed by atoms with Crippen molar-refractivity contribution in [1.29, 1.82) is 0 Å². The van der Waals surface area contributed by atoms with Crippen molar-refractivity contribution in [1.82, 2.24) is 19.8 Å². The van der Waals surface area contributed by atoms with Crippen LogP contribution in [0.4, 0.5) is 0 Å². The Balaban J connectivity index is 1.93. The van der Waals surface area contributed by atoms with Gasteiger partial charge in [0.2, 0.25) is 5.91 Å². The molecule has 0 bridgehead atoms. The van der Waals surface area contributed by atoms with Gasteiger partial charge in [0.15, 0.2) is 0 Å². The molecule has 0 aromatic carbocycles. The first-order valence-corrected chi connectivity index (χ1v) is 6.15. The van der Waals surface area contributed by atoms with Crippen LogP contribution >= 0.6 is 0 Å². The molecule has 1 fully saturated rings. The molecule has 2 rings (SSSR count). The Labute approximate surface area is 102 Å². The second-order valence-corrected chi connectivity index (χ2v) is 4.60. The first kappa shape index (κ1) is 12.1. The predicted molar refractivity (Wildman–Crippen MR) is 65.6 cm³/mol. The molecule has 1 unspecified atom stereocenters. The fourth-order valence-corrected chi connectivity index (χ4v) is 2.17. The zero-order valence-electron chi connectivity index (χ0n) is 10.5. The van der Waals surface area contributed by atoms with Crippen molar-refractivity contribution in [2.45, 2.75) is 20.4 Å². The first-order valence-electron chi connectivity index (χ1n) is 6.15. The standard InChI is InChI=1S/C12H20N4O/c1-10(9-16-8-5-14-11(16)2)12(17)15-6-3-13-4-7-15/h5,8,10,13H,3-4,6-7,9H2,1-2H3. The molecule has 1 saturated heterocycles. The Morgan fingerprint density at radius 1 is 1.53 bits per heavy atom. The number of nitrogens with one attached hydrogen (secondary N) is 1. The number of rotatable bonds is 3. The minimum Gasteiger partial charge on any atom is -0.340 e. The number of aryl methyl sites for hydroxylation is 1. The minimum absolute atomic E-state index is 0.0148. The number of nitrogens with zero attached hydrogens (tertiary/aromatic N) is 3. The van der Waals surface area contributed by atoms with Gasteiger partial charge in [-0.1, -0.05) is 6.92 Å². The smallest absolute Gasteiger partial charge is 0.227 e. The molecule has 1 N–H and O–H groups in total. The number of amides is 1. The molecule has 1 aromatic heterocycles. The fourth-order valence-electron chi connectivity index (χ4n) is 2.17. The van der Waals surface area contributed by atoms with E-state index in [1.54, 1.807) is 6.20 Å². The van der Waals surface area contributed by atoms with E-state index in [9.17, 15) is 4.79 Å². The number of carbonyl (C=O) groups excluding carboxylic acids is 1. The van der Waals surface area contributed by atoms with Gasteiger partial charge >= 0.3 is 0 Å². The zero-order valence-corrected chi connectivity index (χ0v) is 10.5. The molecule has 0 spiro atoms. The van der Waals surface area contributed by atoms with Crippen LogP contribution in [-0.4, -0.2) is 46.5 Å². The van der Waals surface area contributed by atoms with Gasteiger partial charge in [0, 0.05) is 45.1 Å². The van der Waals surface area contributed by atoms with Gasteiger partial charge in [-0.05, 0) is 6.92 Å². The highest BCUT2D eigenvalue weighted by Crippen LogP contribution is 2.08. The molecule has 17 heavy (non-hydrogen) atoms. The van der Waals surface area contributed by atoms with Crippen LogP contribution in [-0.2, 0) is 11.3 Å². The summed E-state index contributed by atoms with van der Waals surface area (Å²) < 4.78 is 2.03. The van der Waals surface area contributed by atoms with Gasteiger partial charge in [0.1, 0.15) is 5.82 Å². The molecule has 0 aliphatic carbocycles. The largest absolute Gasteiger partial charge is 0.340 e. The Morgan fingerprint density at radius 3 is 2.82 bits per heavy atom. The van der Waals surface area contributed by atoms with Gasteiger partial charge in [-0.15, -0.1) is 0 Å². The molecule has 2 heterocycles. The van der Waals surface area contributed by atoms with E-state index in [-0.39, 0.29) is 11.8 Å². The maximum absolute atomic E-state index is 12.2. The van der Waals surface area contributed by atoms with Crippen LogP contribution < -0.4 is 5.32 Å². The van der Waals surface area contributed by atoms with Crippen molar-refractivity contribution in [2.75, 3.05) is 26.2 Å². The summed E-state index contributed by atoms with van der Waals surface area (Å²) >= 11 is 0. The summed E-state index contributed by atoms with van der Waals surface area (Å²) in [5, 5.41) is 3.25. The highest BCUT2D eigenvalue weighted by molar-refractivity contribution is 5.78. The lowest BCUT2D eigenvalue weighted by Gasteiger charge is -2.30. The normalized spacial score (nSPS) is 18.1. The molecule has 5 nitrogen and oxygen atoms in total.